The third kappa shape index (κ3) is 40.9. The van der Waals surface area contributed by atoms with E-state index in [1.165, 1.54) is 135 Å². The summed E-state index contributed by atoms with van der Waals surface area (Å²) in [5.41, 5.74) is 0. The Balaban J connectivity index is 4.23. The van der Waals surface area contributed by atoms with E-state index in [1.807, 2.05) is 0 Å². The van der Waals surface area contributed by atoms with Gasteiger partial charge in [-0.25, -0.2) is 4.57 Å². The average Bonchev–Trinajstić information content (AvgIpc) is 3.19. The fourth-order valence-electron chi connectivity index (χ4n) is 6.58. The molecule has 0 rings (SSSR count). The van der Waals surface area contributed by atoms with E-state index in [4.69, 9.17) is 23.6 Å². The molecule has 0 radical (unpaired) electrons. The molecule has 56 heavy (non-hydrogen) atoms. The van der Waals surface area contributed by atoms with E-state index >= 15 is 0 Å². The van der Waals surface area contributed by atoms with Crippen molar-refractivity contribution >= 4 is 19.8 Å². The van der Waals surface area contributed by atoms with Crippen molar-refractivity contribution in [3.8, 4) is 0 Å². The molecule has 0 aromatic carbocycles. The van der Waals surface area contributed by atoms with Crippen LogP contribution in [-0.4, -0.2) is 65.7 Å². The lowest BCUT2D eigenvalue weighted by molar-refractivity contribution is -0.161. The maximum atomic E-state index is 12.6. The van der Waals surface area contributed by atoms with Crippen LogP contribution in [0.5, 0.6) is 0 Å². The van der Waals surface area contributed by atoms with Crippen molar-refractivity contribution in [2.75, 3.05) is 26.4 Å². The molecule has 10 nitrogen and oxygen atoms in total. The van der Waals surface area contributed by atoms with Crippen LogP contribution in [0.1, 0.15) is 226 Å². The number of esters is 2. The highest BCUT2D eigenvalue weighted by atomic mass is 31.2. The van der Waals surface area contributed by atoms with E-state index in [1.54, 1.807) is 0 Å². The Kier molecular flexibility index (Phi) is 40.9. The molecule has 0 aliphatic heterocycles. The van der Waals surface area contributed by atoms with Crippen molar-refractivity contribution in [2.45, 2.75) is 238 Å². The first-order chi connectivity index (χ1) is 27.2. The van der Waals surface area contributed by atoms with E-state index in [2.05, 4.69) is 26.0 Å². The number of phosphoric acid groups is 1. The maximum Gasteiger partial charge on any atom is 0.472 e. The van der Waals surface area contributed by atoms with Gasteiger partial charge in [0.05, 0.1) is 19.8 Å². The number of hydrogen-bond donors (Lipinski definition) is 3. The number of aliphatic hydroxyl groups excluding tert-OH is 2. The molecule has 332 valence electrons. The zero-order valence-corrected chi connectivity index (χ0v) is 37.0. The molecule has 1 unspecified atom stereocenters. The van der Waals surface area contributed by atoms with Gasteiger partial charge in [0.2, 0.25) is 0 Å². The summed E-state index contributed by atoms with van der Waals surface area (Å²) in [6, 6.07) is 0. The van der Waals surface area contributed by atoms with Gasteiger partial charge in [0.15, 0.2) is 6.10 Å². The molecule has 0 saturated heterocycles. The first-order valence-electron chi connectivity index (χ1n) is 23.1. The molecule has 0 heterocycles. The van der Waals surface area contributed by atoms with Gasteiger partial charge in [-0.2, -0.15) is 0 Å². The highest BCUT2D eigenvalue weighted by Gasteiger charge is 2.27. The number of phosphoric ester groups is 1. The Morgan fingerprint density at radius 2 is 0.875 bits per heavy atom. The SMILES string of the molecule is CCCCCCCCC/C=C\CCCCCCCC(=O)OC[C@H](COP(=O)(O)OC[C@@H](O)CO)OC(=O)CCCCCCCCCCCCCCCCCCC. The largest absolute Gasteiger partial charge is 0.472 e. The number of allylic oxidation sites excluding steroid dienone is 2. The second-order valence-corrected chi connectivity index (χ2v) is 17.2. The van der Waals surface area contributed by atoms with Crippen LogP contribution in [0, 0.1) is 0 Å². The van der Waals surface area contributed by atoms with E-state index in [-0.39, 0.29) is 19.4 Å². The van der Waals surface area contributed by atoms with Gasteiger partial charge in [0, 0.05) is 12.8 Å². The Morgan fingerprint density at radius 1 is 0.518 bits per heavy atom. The van der Waals surface area contributed by atoms with Crippen molar-refractivity contribution in [1.29, 1.82) is 0 Å². The van der Waals surface area contributed by atoms with Crippen LogP contribution in [0.2, 0.25) is 0 Å². The number of hydrogen-bond acceptors (Lipinski definition) is 9. The van der Waals surface area contributed by atoms with E-state index in [0.29, 0.717) is 12.8 Å². The van der Waals surface area contributed by atoms with Crippen LogP contribution in [0.4, 0.5) is 0 Å². The minimum absolute atomic E-state index is 0.189. The average molecular weight is 819 g/mol. The zero-order chi connectivity index (χ0) is 41.2. The smallest absolute Gasteiger partial charge is 0.462 e. The van der Waals surface area contributed by atoms with Gasteiger partial charge in [0.1, 0.15) is 12.7 Å². The van der Waals surface area contributed by atoms with Gasteiger partial charge in [-0.15, -0.1) is 0 Å². The highest BCUT2D eigenvalue weighted by molar-refractivity contribution is 7.47. The molecule has 0 bridgehead atoms. The van der Waals surface area contributed by atoms with Crippen LogP contribution < -0.4 is 0 Å². The third-order valence-corrected chi connectivity index (χ3v) is 11.1. The van der Waals surface area contributed by atoms with Gasteiger partial charge in [-0.1, -0.05) is 187 Å². The number of carbonyl (C=O) groups excluding carboxylic acids is 2. The maximum absolute atomic E-state index is 12.6. The van der Waals surface area contributed by atoms with Crippen LogP contribution >= 0.6 is 7.82 Å². The van der Waals surface area contributed by atoms with Crippen molar-refractivity contribution in [3.05, 3.63) is 12.2 Å². The highest BCUT2D eigenvalue weighted by Crippen LogP contribution is 2.43. The molecule has 11 heteroatoms. The molecule has 0 saturated carbocycles. The Morgan fingerprint density at radius 3 is 1.29 bits per heavy atom. The lowest BCUT2D eigenvalue weighted by Crippen LogP contribution is -2.29. The molecule has 0 aromatic heterocycles. The lowest BCUT2D eigenvalue weighted by atomic mass is 10.0. The molecule has 0 aromatic rings. The standard InChI is InChI=1S/C45H87O10P/c1-3-5-7-9-11-13-15-17-19-21-23-25-27-29-31-33-35-37-45(49)55-43(41-54-56(50,51)53-39-42(47)38-46)40-52-44(48)36-34-32-30-28-26-24-22-20-18-16-14-12-10-8-6-4-2/h20,22,42-43,46-47H,3-19,21,23-41H2,1-2H3,(H,50,51)/b22-20-/t42-,43+/m0/s1. The predicted molar refractivity (Wildman–Crippen MR) is 229 cm³/mol. The van der Waals surface area contributed by atoms with Crippen molar-refractivity contribution < 1.29 is 47.8 Å². The summed E-state index contributed by atoms with van der Waals surface area (Å²) < 4.78 is 32.8. The van der Waals surface area contributed by atoms with Crippen LogP contribution in [0.15, 0.2) is 12.2 Å². The first kappa shape index (κ1) is 54.7. The molecule has 0 amide bonds. The summed E-state index contributed by atoms with van der Waals surface area (Å²) in [6.45, 7) is 2.41. The van der Waals surface area contributed by atoms with Gasteiger partial charge in [-0.05, 0) is 38.5 Å². The monoisotopic (exact) mass is 819 g/mol. The predicted octanol–water partition coefficient (Wildman–Crippen LogP) is 12.4. The summed E-state index contributed by atoms with van der Waals surface area (Å²) in [5.74, 6) is -0.922. The number of unbranched alkanes of at least 4 members (excludes halogenated alkanes) is 28. The normalized spacial score (nSPS) is 13.9. The van der Waals surface area contributed by atoms with Gasteiger partial charge < -0.3 is 24.6 Å². The lowest BCUT2D eigenvalue weighted by Gasteiger charge is -2.20. The molecular weight excluding hydrogens is 731 g/mol. The summed E-state index contributed by atoms with van der Waals surface area (Å²) in [6.07, 6.45) is 40.3. The first-order valence-corrected chi connectivity index (χ1v) is 24.6. The summed E-state index contributed by atoms with van der Waals surface area (Å²) in [5, 5.41) is 18.3. The second-order valence-electron chi connectivity index (χ2n) is 15.8. The summed E-state index contributed by atoms with van der Waals surface area (Å²) >= 11 is 0. The molecule has 0 aliphatic carbocycles. The Hall–Kier alpha value is -1.29. The molecule has 0 spiro atoms. The molecule has 3 N–H and O–H groups in total. The molecule has 0 fully saturated rings. The quantitative estimate of drug-likeness (QED) is 0.0235. The summed E-state index contributed by atoms with van der Waals surface area (Å²) in [4.78, 5) is 35.0. The van der Waals surface area contributed by atoms with Crippen LogP contribution in [-0.2, 0) is 32.7 Å². The summed E-state index contributed by atoms with van der Waals surface area (Å²) in [7, 11) is -4.61. The number of carbonyl (C=O) groups is 2. The minimum Gasteiger partial charge on any atom is -0.462 e. The van der Waals surface area contributed by atoms with Crippen LogP contribution in [0.3, 0.4) is 0 Å². The number of ether oxygens (including phenoxy) is 2. The fourth-order valence-corrected chi connectivity index (χ4v) is 7.37. The number of rotatable bonds is 44. The fraction of sp³-hybridized carbons (Fsp3) is 0.911. The zero-order valence-electron chi connectivity index (χ0n) is 36.1. The van der Waals surface area contributed by atoms with Gasteiger partial charge in [0.25, 0.3) is 0 Å². The minimum atomic E-state index is -4.61. The Labute approximate surface area is 343 Å². The topological polar surface area (TPSA) is 149 Å². The number of aliphatic hydroxyl groups is 2. The molecule has 0 aliphatic rings. The van der Waals surface area contributed by atoms with Crippen LogP contribution in [0.25, 0.3) is 0 Å². The third-order valence-electron chi connectivity index (χ3n) is 10.2. The second kappa shape index (κ2) is 41.9. The van der Waals surface area contributed by atoms with E-state index in [0.717, 1.165) is 51.4 Å². The molecular formula is C45H87O10P. The van der Waals surface area contributed by atoms with Crippen molar-refractivity contribution in [3.63, 3.8) is 0 Å². The Bertz CT molecular complexity index is 946. The van der Waals surface area contributed by atoms with Gasteiger partial charge in [-0.3, -0.25) is 18.6 Å². The van der Waals surface area contributed by atoms with Crippen molar-refractivity contribution in [1.82, 2.24) is 0 Å². The van der Waals surface area contributed by atoms with Crippen molar-refractivity contribution in [2.24, 2.45) is 0 Å². The van der Waals surface area contributed by atoms with Gasteiger partial charge >= 0.3 is 19.8 Å². The van der Waals surface area contributed by atoms with E-state index in [9.17, 15) is 24.2 Å². The van der Waals surface area contributed by atoms with E-state index < -0.39 is 51.8 Å². The molecule has 3 atom stereocenters.